The maximum Gasteiger partial charge on any atom is 0.249 e. The number of primary amides is 1. The minimum atomic E-state index is -0.429. The van der Waals surface area contributed by atoms with Crippen LogP contribution in [-0.4, -0.2) is 43.0 Å². The van der Waals surface area contributed by atoms with Crippen molar-refractivity contribution in [1.82, 2.24) is 4.90 Å². The molecule has 0 radical (unpaired) electrons. The van der Waals surface area contributed by atoms with Crippen molar-refractivity contribution in [2.24, 2.45) is 5.73 Å². The predicted molar refractivity (Wildman–Crippen MR) is 45.8 cm³/mol. The lowest BCUT2D eigenvalue weighted by atomic mass is 10.2. The second kappa shape index (κ2) is 4.23. The fourth-order valence-corrected chi connectivity index (χ4v) is 1.57. The van der Waals surface area contributed by atoms with Gasteiger partial charge < -0.3 is 15.4 Å². The van der Waals surface area contributed by atoms with Gasteiger partial charge in [0.2, 0.25) is 11.8 Å². The Bertz CT molecular complexity index is 217. The van der Waals surface area contributed by atoms with Crippen molar-refractivity contribution >= 4 is 11.8 Å². The van der Waals surface area contributed by atoms with Crippen LogP contribution in [0.4, 0.5) is 0 Å². The van der Waals surface area contributed by atoms with Gasteiger partial charge in [-0.05, 0) is 12.8 Å². The van der Waals surface area contributed by atoms with Gasteiger partial charge in [-0.15, -0.1) is 0 Å². The number of hydrogen-bond acceptors (Lipinski definition) is 3. The molecule has 5 nitrogen and oxygen atoms in total. The molecule has 1 aliphatic rings. The average Bonchev–Trinajstić information content (AvgIpc) is 2.52. The van der Waals surface area contributed by atoms with E-state index in [1.807, 2.05) is 0 Å². The number of hydrogen-bond donors (Lipinski definition) is 1. The number of amides is 2. The van der Waals surface area contributed by atoms with Gasteiger partial charge in [0.25, 0.3) is 0 Å². The van der Waals surface area contributed by atoms with Crippen molar-refractivity contribution < 1.29 is 14.3 Å². The Hall–Kier alpha value is -1.10. The molecule has 1 aliphatic heterocycles. The molecule has 0 saturated carbocycles. The summed E-state index contributed by atoms with van der Waals surface area (Å²) in [6.45, 7) is 0.625. The van der Waals surface area contributed by atoms with Crippen LogP contribution in [0.1, 0.15) is 12.8 Å². The molecule has 1 heterocycles. The van der Waals surface area contributed by atoms with Gasteiger partial charge in [-0.2, -0.15) is 0 Å². The Morgan fingerprint density at radius 1 is 1.62 bits per heavy atom. The zero-order chi connectivity index (χ0) is 9.84. The lowest BCUT2D eigenvalue weighted by Gasteiger charge is -2.21. The van der Waals surface area contributed by atoms with E-state index in [2.05, 4.69) is 0 Å². The van der Waals surface area contributed by atoms with Gasteiger partial charge in [-0.1, -0.05) is 0 Å². The monoisotopic (exact) mass is 186 g/mol. The highest BCUT2D eigenvalue weighted by atomic mass is 16.5. The van der Waals surface area contributed by atoms with Crippen LogP contribution in [0.2, 0.25) is 0 Å². The van der Waals surface area contributed by atoms with Crippen molar-refractivity contribution in [2.75, 3.05) is 20.3 Å². The largest absolute Gasteiger partial charge is 0.375 e. The molecular weight excluding hydrogens is 172 g/mol. The summed E-state index contributed by atoms with van der Waals surface area (Å²) < 4.78 is 4.70. The third kappa shape index (κ3) is 2.18. The quantitative estimate of drug-likeness (QED) is 0.621. The Balaban J connectivity index is 2.57. The lowest BCUT2D eigenvalue weighted by molar-refractivity contribution is -0.140. The van der Waals surface area contributed by atoms with Crippen LogP contribution < -0.4 is 5.73 Å². The molecule has 1 atom stereocenters. The SMILES string of the molecule is COCC(=O)N1CCCC1C(N)=O. The summed E-state index contributed by atoms with van der Waals surface area (Å²) in [6, 6.07) is -0.428. The first-order valence-corrected chi connectivity index (χ1v) is 4.24. The zero-order valence-electron chi connectivity index (χ0n) is 7.66. The number of ether oxygens (including phenoxy) is 1. The van der Waals surface area contributed by atoms with Crippen molar-refractivity contribution in [2.45, 2.75) is 18.9 Å². The second-order valence-electron chi connectivity index (χ2n) is 3.08. The number of nitrogens with zero attached hydrogens (tertiary/aromatic N) is 1. The molecule has 1 saturated heterocycles. The molecule has 2 amide bonds. The maximum absolute atomic E-state index is 11.4. The molecule has 5 heteroatoms. The number of carbonyl (C=O) groups excluding carboxylic acids is 2. The van der Waals surface area contributed by atoms with Crippen LogP contribution in [0.25, 0.3) is 0 Å². The molecule has 0 aliphatic carbocycles. The summed E-state index contributed by atoms with van der Waals surface area (Å²) >= 11 is 0. The van der Waals surface area contributed by atoms with E-state index in [1.165, 1.54) is 12.0 Å². The van der Waals surface area contributed by atoms with E-state index < -0.39 is 11.9 Å². The average molecular weight is 186 g/mol. The van der Waals surface area contributed by atoms with Gasteiger partial charge in [-0.3, -0.25) is 9.59 Å². The van der Waals surface area contributed by atoms with E-state index in [1.54, 1.807) is 0 Å². The van der Waals surface area contributed by atoms with Crippen LogP contribution in [0.3, 0.4) is 0 Å². The topological polar surface area (TPSA) is 72.6 Å². The van der Waals surface area contributed by atoms with Gasteiger partial charge in [0.15, 0.2) is 0 Å². The Labute approximate surface area is 76.8 Å². The van der Waals surface area contributed by atoms with Crippen LogP contribution >= 0.6 is 0 Å². The highest BCUT2D eigenvalue weighted by Gasteiger charge is 2.32. The first kappa shape index (κ1) is 9.98. The van der Waals surface area contributed by atoms with E-state index in [0.717, 1.165) is 6.42 Å². The Kier molecular flexibility index (Phi) is 3.25. The number of rotatable bonds is 3. The molecule has 13 heavy (non-hydrogen) atoms. The molecule has 0 bridgehead atoms. The summed E-state index contributed by atoms with van der Waals surface area (Å²) in [4.78, 5) is 23.8. The fraction of sp³-hybridized carbons (Fsp3) is 0.750. The summed E-state index contributed by atoms with van der Waals surface area (Å²) in [5.74, 6) is -0.592. The summed E-state index contributed by atoms with van der Waals surface area (Å²) in [5.41, 5.74) is 5.15. The Morgan fingerprint density at radius 2 is 2.31 bits per heavy atom. The van der Waals surface area contributed by atoms with Gasteiger partial charge >= 0.3 is 0 Å². The molecule has 74 valence electrons. The number of nitrogens with two attached hydrogens (primary N) is 1. The molecule has 1 fully saturated rings. The lowest BCUT2D eigenvalue weighted by Crippen LogP contribution is -2.45. The highest BCUT2D eigenvalue weighted by Crippen LogP contribution is 2.16. The first-order valence-electron chi connectivity index (χ1n) is 4.24. The minimum absolute atomic E-state index is 0.0176. The number of methoxy groups -OCH3 is 1. The highest BCUT2D eigenvalue weighted by molar-refractivity contribution is 5.87. The minimum Gasteiger partial charge on any atom is -0.375 e. The van der Waals surface area contributed by atoms with Crippen molar-refractivity contribution in [3.8, 4) is 0 Å². The third-order valence-corrected chi connectivity index (χ3v) is 2.17. The molecule has 2 N–H and O–H groups in total. The van der Waals surface area contributed by atoms with Gasteiger partial charge in [0.05, 0.1) is 0 Å². The van der Waals surface area contributed by atoms with Crippen LogP contribution in [-0.2, 0) is 14.3 Å². The summed E-state index contributed by atoms with van der Waals surface area (Å²) in [5, 5.41) is 0. The molecule has 1 rings (SSSR count). The van der Waals surface area contributed by atoms with Gasteiger partial charge in [0.1, 0.15) is 12.6 Å². The predicted octanol–water partition coefficient (Wildman–Crippen LogP) is -0.891. The second-order valence-corrected chi connectivity index (χ2v) is 3.08. The van der Waals surface area contributed by atoms with Gasteiger partial charge in [-0.25, -0.2) is 0 Å². The molecule has 0 aromatic carbocycles. The van der Waals surface area contributed by atoms with E-state index in [0.29, 0.717) is 13.0 Å². The molecule has 0 aromatic heterocycles. The summed E-state index contributed by atoms with van der Waals surface area (Å²) in [7, 11) is 1.45. The first-order chi connectivity index (χ1) is 6.16. The van der Waals surface area contributed by atoms with E-state index in [4.69, 9.17) is 10.5 Å². The van der Waals surface area contributed by atoms with Crippen LogP contribution in [0, 0.1) is 0 Å². The number of likely N-dealkylation sites (tertiary alicyclic amines) is 1. The van der Waals surface area contributed by atoms with Gasteiger partial charge in [0, 0.05) is 13.7 Å². The zero-order valence-corrected chi connectivity index (χ0v) is 7.66. The van der Waals surface area contributed by atoms with Crippen molar-refractivity contribution in [1.29, 1.82) is 0 Å². The third-order valence-electron chi connectivity index (χ3n) is 2.17. The maximum atomic E-state index is 11.4. The molecule has 0 spiro atoms. The standard InChI is InChI=1S/C8H14N2O3/c1-13-5-7(11)10-4-2-3-6(10)8(9)12/h6H,2-5H2,1H3,(H2,9,12). The molecule has 0 aromatic rings. The van der Waals surface area contributed by atoms with Crippen LogP contribution in [0.5, 0.6) is 0 Å². The van der Waals surface area contributed by atoms with Crippen LogP contribution in [0.15, 0.2) is 0 Å². The van der Waals surface area contributed by atoms with Crippen molar-refractivity contribution in [3.63, 3.8) is 0 Å². The normalized spacial score (nSPS) is 21.9. The van der Waals surface area contributed by atoms with E-state index in [-0.39, 0.29) is 12.5 Å². The number of carbonyl (C=O) groups is 2. The van der Waals surface area contributed by atoms with Crippen molar-refractivity contribution in [3.05, 3.63) is 0 Å². The fourth-order valence-electron chi connectivity index (χ4n) is 1.57. The summed E-state index contributed by atoms with van der Waals surface area (Å²) in [6.07, 6.45) is 1.51. The van der Waals surface area contributed by atoms with E-state index >= 15 is 0 Å². The smallest absolute Gasteiger partial charge is 0.249 e. The molecular formula is C8H14N2O3. The molecule has 1 unspecified atom stereocenters. The Morgan fingerprint density at radius 3 is 2.85 bits per heavy atom. The van der Waals surface area contributed by atoms with E-state index in [9.17, 15) is 9.59 Å².